The molecule has 0 bridgehead atoms. The summed E-state index contributed by atoms with van der Waals surface area (Å²) in [5.74, 6) is 0.462. The minimum atomic E-state index is -0.116. The molecule has 0 heterocycles. The van der Waals surface area contributed by atoms with E-state index in [4.69, 9.17) is 23.2 Å². The Morgan fingerprint density at radius 2 is 1.18 bits per heavy atom. The molecule has 4 atom stereocenters. The SMILES string of the molecule is COC(=O)C1CC1c1cccc(Cl)c1.COC(=O)C1CC1c1cccc(Cl)c1. The van der Waals surface area contributed by atoms with Crippen LogP contribution >= 0.6 is 23.2 Å². The van der Waals surface area contributed by atoms with Gasteiger partial charge in [0, 0.05) is 10.0 Å². The topological polar surface area (TPSA) is 52.6 Å². The van der Waals surface area contributed by atoms with Crippen LogP contribution in [0.15, 0.2) is 48.5 Å². The molecule has 148 valence electrons. The van der Waals surface area contributed by atoms with Gasteiger partial charge in [-0.1, -0.05) is 47.5 Å². The molecule has 4 rings (SSSR count). The van der Waals surface area contributed by atoms with Crippen LogP contribution in [-0.4, -0.2) is 26.2 Å². The first-order chi connectivity index (χ1) is 13.4. The molecule has 0 amide bonds. The van der Waals surface area contributed by atoms with Gasteiger partial charge in [-0.05, 0) is 60.1 Å². The molecular formula is C22H22Cl2O4. The Morgan fingerprint density at radius 1 is 0.786 bits per heavy atom. The first-order valence-electron chi connectivity index (χ1n) is 9.11. The highest BCUT2D eigenvalue weighted by Gasteiger charge is 2.45. The van der Waals surface area contributed by atoms with E-state index in [9.17, 15) is 9.59 Å². The van der Waals surface area contributed by atoms with Crippen molar-refractivity contribution in [2.45, 2.75) is 24.7 Å². The lowest BCUT2D eigenvalue weighted by Gasteiger charge is -1.99. The van der Waals surface area contributed by atoms with Crippen LogP contribution in [0.25, 0.3) is 0 Å². The van der Waals surface area contributed by atoms with Gasteiger partial charge in [0.25, 0.3) is 0 Å². The molecule has 0 aromatic heterocycles. The number of esters is 2. The third-order valence-corrected chi connectivity index (χ3v) is 5.61. The third kappa shape index (κ3) is 5.06. The highest BCUT2D eigenvalue weighted by atomic mass is 35.5. The van der Waals surface area contributed by atoms with Crippen molar-refractivity contribution >= 4 is 35.1 Å². The van der Waals surface area contributed by atoms with E-state index in [1.807, 2.05) is 48.5 Å². The standard InChI is InChI=1S/2C11H11ClO2/c2*1-14-11(13)10-6-9(10)7-3-2-4-8(12)5-7/h2*2-5,9-10H,6H2,1H3. The number of carbonyl (C=O) groups excluding carboxylic acids is 2. The van der Waals surface area contributed by atoms with E-state index in [0.717, 1.165) is 34.0 Å². The summed E-state index contributed by atoms with van der Waals surface area (Å²) >= 11 is 11.7. The molecule has 2 aromatic carbocycles. The zero-order valence-electron chi connectivity index (χ0n) is 15.7. The van der Waals surface area contributed by atoms with Crippen molar-refractivity contribution in [1.29, 1.82) is 0 Å². The Kier molecular flexibility index (Phi) is 6.63. The Labute approximate surface area is 174 Å². The normalized spacial score (nSPS) is 24.4. The Morgan fingerprint density at radius 3 is 1.50 bits per heavy atom. The van der Waals surface area contributed by atoms with E-state index in [0.29, 0.717) is 11.8 Å². The van der Waals surface area contributed by atoms with Crippen LogP contribution in [0, 0.1) is 11.8 Å². The van der Waals surface area contributed by atoms with Crippen LogP contribution in [0.5, 0.6) is 0 Å². The minimum absolute atomic E-state index is 0.0402. The molecule has 0 saturated heterocycles. The lowest BCUT2D eigenvalue weighted by atomic mass is 10.1. The van der Waals surface area contributed by atoms with Crippen molar-refractivity contribution < 1.29 is 19.1 Å². The molecule has 4 nitrogen and oxygen atoms in total. The summed E-state index contributed by atoms with van der Waals surface area (Å²) in [4.78, 5) is 22.4. The second-order valence-corrected chi connectivity index (χ2v) is 7.93. The first kappa shape index (κ1) is 20.7. The number of rotatable bonds is 4. The molecular weight excluding hydrogens is 399 g/mol. The van der Waals surface area contributed by atoms with Gasteiger partial charge in [-0.2, -0.15) is 0 Å². The fourth-order valence-electron chi connectivity index (χ4n) is 3.42. The molecule has 2 aliphatic carbocycles. The molecule has 2 aliphatic rings. The maximum absolute atomic E-state index is 11.2. The zero-order valence-corrected chi connectivity index (χ0v) is 17.2. The van der Waals surface area contributed by atoms with Gasteiger partial charge >= 0.3 is 11.9 Å². The number of ether oxygens (including phenoxy) is 2. The number of methoxy groups -OCH3 is 2. The lowest BCUT2D eigenvalue weighted by molar-refractivity contribution is -0.143. The van der Waals surface area contributed by atoms with Crippen molar-refractivity contribution in [3.63, 3.8) is 0 Å². The summed E-state index contributed by atoms with van der Waals surface area (Å²) in [5, 5.41) is 1.44. The summed E-state index contributed by atoms with van der Waals surface area (Å²) in [7, 11) is 2.85. The van der Waals surface area contributed by atoms with Crippen LogP contribution in [0.2, 0.25) is 10.0 Å². The van der Waals surface area contributed by atoms with Gasteiger partial charge in [-0.15, -0.1) is 0 Å². The monoisotopic (exact) mass is 420 g/mol. The van der Waals surface area contributed by atoms with Crippen molar-refractivity contribution in [2.75, 3.05) is 14.2 Å². The van der Waals surface area contributed by atoms with Gasteiger partial charge in [0.1, 0.15) is 0 Å². The predicted molar refractivity (Wildman–Crippen MR) is 109 cm³/mol. The zero-order chi connectivity index (χ0) is 20.3. The van der Waals surface area contributed by atoms with Gasteiger partial charge < -0.3 is 9.47 Å². The van der Waals surface area contributed by atoms with Crippen LogP contribution in [-0.2, 0) is 19.1 Å². The van der Waals surface area contributed by atoms with Gasteiger partial charge in [-0.3, -0.25) is 9.59 Å². The number of hydrogen-bond donors (Lipinski definition) is 0. The highest BCUT2D eigenvalue weighted by molar-refractivity contribution is 6.30. The molecule has 0 aliphatic heterocycles. The quantitative estimate of drug-likeness (QED) is 0.635. The van der Waals surface area contributed by atoms with Crippen LogP contribution in [0.1, 0.15) is 35.8 Å². The number of halogens is 2. The number of hydrogen-bond acceptors (Lipinski definition) is 4. The molecule has 0 spiro atoms. The molecule has 4 unspecified atom stereocenters. The maximum atomic E-state index is 11.2. The van der Waals surface area contributed by atoms with Crippen molar-refractivity contribution in [2.24, 2.45) is 11.8 Å². The van der Waals surface area contributed by atoms with E-state index >= 15 is 0 Å². The van der Waals surface area contributed by atoms with E-state index in [1.165, 1.54) is 14.2 Å². The molecule has 0 radical (unpaired) electrons. The molecule has 2 aromatic rings. The van der Waals surface area contributed by atoms with E-state index in [2.05, 4.69) is 9.47 Å². The summed E-state index contributed by atoms with van der Waals surface area (Å²) in [6.45, 7) is 0. The molecule has 2 fully saturated rings. The minimum Gasteiger partial charge on any atom is -0.469 e. The predicted octanol–water partition coefficient (Wildman–Crippen LogP) is 5.23. The highest BCUT2D eigenvalue weighted by Crippen LogP contribution is 2.49. The summed E-state index contributed by atoms with van der Waals surface area (Å²) in [5.41, 5.74) is 2.26. The van der Waals surface area contributed by atoms with E-state index in [1.54, 1.807) is 0 Å². The molecule has 2 saturated carbocycles. The Hall–Kier alpha value is -2.04. The maximum Gasteiger partial charge on any atom is 0.309 e. The fourth-order valence-corrected chi connectivity index (χ4v) is 3.82. The Balaban J connectivity index is 0.000000161. The average molecular weight is 421 g/mol. The molecule has 28 heavy (non-hydrogen) atoms. The fraction of sp³-hybridized carbons (Fsp3) is 0.364. The van der Waals surface area contributed by atoms with Gasteiger partial charge in [0.15, 0.2) is 0 Å². The second-order valence-electron chi connectivity index (χ2n) is 7.05. The smallest absolute Gasteiger partial charge is 0.309 e. The van der Waals surface area contributed by atoms with Gasteiger partial charge in [-0.25, -0.2) is 0 Å². The van der Waals surface area contributed by atoms with Crippen molar-refractivity contribution in [3.05, 3.63) is 69.7 Å². The van der Waals surface area contributed by atoms with E-state index < -0.39 is 0 Å². The first-order valence-corrected chi connectivity index (χ1v) is 9.86. The van der Waals surface area contributed by atoms with Gasteiger partial charge in [0.05, 0.1) is 26.1 Å². The lowest BCUT2D eigenvalue weighted by Crippen LogP contribution is -2.03. The second kappa shape index (κ2) is 8.97. The van der Waals surface area contributed by atoms with E-state index in [-0.39, 0.29) is 23.8 Å². The van der Waals surface area contributed by atoms with Gasteiger partial charge in [0.2, 0.25) is 0 Å². The third-order valence-electron chi connectivity index (χ3n) is 5.14. The van der Waals surface area contributed by atoms with Crippen molar-refractivity contribution in [1.82, 2.24) is 0 Å². The van der Waals surface area contributed by atoms with Crippen LogP contribution in [0.4, 0.5) is 0 Å². The summed E-state index contributed by atoms with van der Waals surface area (Å²) < 4.78 is 9.37. The number of carbonyl (C=O) groups is 2. The summed E-state index contributed by atoms with van der Waals surface area (Å²) in [6.07, 6.45) is 1.76. The van der Waals surface area contributed by atoms with Crippen LogP contribution in [0.3, 0.4) is 0 Å². The average Bonchev–Trinajstić information content (AvgIpc) is 3.60. The largest absolute Gasteiger partial charge is 0.469 e. The molecule has 6 heteroatoms. The summed E-state index contributed by atoms with van der Waals surface area (Å²) in [6, 6.07) is 15.3. The Bertz CT molecular complexity index is 796. The van der Waals surface area contributed by atoms with Crippen LogP contribution < -0.4 is 0 Å². The number of benzene rings is 2. The van der Waals surface area contributed by atoms with Crippen molar-refractivity contribution in [3.8, 4) is 0 Å². The molecule has 0 N–H and O–H groups in total.